The Balaban J connectivity index is 1.89. The summed E-state index contributed by atoms with van der Waals surface area (Å²) in [5, 5.41) is 8.79. The maximum Gasteiger partial charge on any atom is 0.0991 e. The molecule has 19 heavy (non-hydrogen) atoms. The molecule has 0 bridgehead atoms. The molecular weight excluding hydrogens is 238 g/mol. The average Bonchev–Trinajstić information content (AvgIpc) is 2.39. The largest absolute Gasteiger partial charge is 0.374 e. The molecule has 102 valence electrons. The lowest BCUT2D eigenvalue weighted by Crippen LogP contribution is -2.45. The molecule has 0 aliphatic carbocycles. The highest BCUT2D eigenvalue weighted by molar-refractivity contribution is 5.31. The first-order valence-electron chi connectivity index (χ1n) is 6.65. The Morgan fingerprint density at radius 3 is 2.74 bits per heavy atom. The summed E-state index contributed by atoms with van der Waals surface area (Å²) in [4.78, 5) is 4.58. The Kier molecular flexibility index (Phi) is 4.92. The molecule has 1 aromatic carbocycles. The Morgan fingerprint density at radius 2 is 2.11 bits per heavy atom. The van der Waals surface area contributed by atoms with E-state index in [9.17, 15) is 0 Å². The molecule has 0 spiro atoms. The molecule has 1 fully saturated rings. The Morgan fingerprint density at radius 1 is 1.37 bits per heavy atom. The van der Waals surface area contributed by atoms with Crippen LogP contribution in [0.1, 0.15) is 11.1 Å². The van der Waals surface area contributed by atoms with Gasteiger partial charge in [0.2, 0.25) is 0 Å². The third-order valence-corrected chi connectivity index (χ3v) is 3.28. The topological polar surface area (TPSA) is 39.5 Å². The lowest BCUT2D eigenvalue weighted by atomic mass is 10.1. The minimum absolute atomic E-state index is 0.294. The quantitative estimate of drug-likeness (QED) is 0.817. The van der Waals surface area contributed by atoms with E-state index in [1.54, 1.807) is 0 Å². The number of nitrogens with zero attached hydrogens (tertiary/aromatic N) is 3. The average molecular weight is 259 g/mol. The van der Waals surface area contributed by atoms with E-state index in [0.29, 0.717) is 6.10 Å². The highest BCUT2D eigenvalue weighted by Gasteiger charge is 2.20. The summed E-state index contributed by atoms with van der Waals surface area (Å²) in [6.07, 6.45) is 0.294. The van der Waals surface area contributed by atoms with Gasteiger partial charge < -0.3 is 9.64 Å². The van der Waals surface area contributed by atoms with Crippen LogP contribution in [-0.2, 0) is 11.3 Å². The molecule has 1 aromatic rings. The molecule has 1 atom stereocenters. The van der Waals surface area contributed by atoms with Gasteiger partial charge in [0.1, 0.15) is 0 Å². The minimum atomic E-state index is 0.294. The molecular formula is C15H21N3O. The fourth-order valence-corrected chi connectivity index (χ4v) is 2.38. The minimum Gasteiger partial charge on any atom is -0.374 e. The van der Waals surface area contributed by atoms with Gasteiger partial charge in [-0.1, -0.05) is 12.1 Å². The van der Waals surface area contributed by atoms with Crippen LogP contribution in [0.2, 0.25) is 0 Å². The lowest BCUT2D eigenvalue weighted by molar-refractivity contribution is -0.0406. The summed E-state index contributed by atoms with van der Waals surface area (Å²) >= 11 is 0. The van der Waals surface area contributed by atoms with Crippen molar-refractivity contribution in [1.29, 1.82) is 5.26 Å². The highest BCUT2D eigenvalue weighted by Crippen LogP contribution is 2.11. The number of nitriles is 1. The summed E-state index contributed by atoms with van der Waals surface area (Å²) < 4.78 is 5.77. The highest BCUT2D eigenvalue weighted by atomic mass is 16.5. The summed E-state index contributed by atoms with van der Waals surface area (Å²) in [5.41, 5.74) is 1.97. The number of ether oxygens (including phenoxy) is 1. The fourth-order valence-electron chi connectivity index (χ4n) is 2.38. The van der Waals surface area contributed by atoms with E-state index in [1.807, 2.05) is 24.3 Å². The van der Waals surface area contributed by atoms with Crippen LogP contribution in [0.4, 0.5) is 0 Å². The van der Waals surface area contributed by atoms with Gasteiger partial charge >= 0.3 is 0 Å². The second-order valence-corrected chi connectivity index (χ2v) is 5.30. The van der Waals surface area contributed by atoms with Crippen LogP contribution in [-0.4, -0.2) is 56.2 Å². The van der Waals surface area contributed by atoms with Crippen molar-refractivity contribution >= 4 is 0 Å². The summed E-state index contributed by atoms with van der Waals surface area (Å²) in [7, 11) is 4.14. The number of benzene rings is 1. The monoisotopic (exact) mass is 259 g/mol. The number of rotatable bonds is 4. The smallest absolute Gasteiger partial charge is 0.0991 e. The molecule has 0 N–H and O–H groups in total. The van der Waals surface area contributed by atoms with E-state index < -0.39 is 0 Å². The zero-order valence-corrected chi connectivity index (χ0v) is 11.7. The van der Waals surface area contributed by atoms with E-state index in [4.69, 9.17) is 10.00 Å². The number of hydrogen-bond acceptors (Lipinski definition) is 4. The molecule has 1 unspecified atom stereocenters. The third kappa shape index (κ3) is 4.32. The van der Waals surface area contributed by atoms with Crippen molar-refractivity contribution in [2.75, 3.05) is 40.3 Å². The number of morpholine rings is 1. The fraction of sp³-hybridized carbons (Fsp3) is 0.533. The van der Waals surface area contributed by atoms with Crippen molar-refractivity contribution in [2.24, 2.45) is 0 Å². The van der Waals surface area contributed by atoms with Gasteiger partial charge in [-0.25, -0.2) is 0 Å². The van der Waals surface area contributed by atoms with Crippen LogP contribution in [0.3, 0.4) is 0 Å². The molecule has 4 nitrogen and oxygen atoms in total. The molecule has 2 rings (SSSR count). The maximum absolute atomic E-state index is 8.79. The van der Waals surface area contributed by atoms with Crippen LogP contribution in [0.25, 0.3) is 0 Å². The van der Waals surface area contributed by atoms with Gasteiger partial charge in [0.15, 0.2) is 0 Å². The van der Waals surface area contributed by atoms with E-state index in [2.05, 4.69) is 30.0 Å². The first-order valence-corrected chi connectivity index (χ1v) is 6.65. The Hall–Kier alpha value is -1.41. The maximum atomic E-state index is 8.79. The second kappa shape index (κ2) is 6.67. The van der Waals surface area contributed by atoms with E-state index in [1.165, 1.54) is 5.56 Å². The van der Waals surface area contributed by atoms with Crippen LogP contribution in [0, 0.1) is 11.3 Å². The van der Waals surface area contributed by atoms with E-state index in [-0.39, 0.29) is 0 Å². The lowest BCUT2D eigenvalue weighted by Gasteiger charge is -2.34. The first-order chi connectivity index (χ1) is 9.17. The van der Waals surface area contributed by atoms with Gasteiger partial charge in [-0.3, -0.25) is 4.90 Å². The van der Waals surface area contributed by atoms with Crippen molar-refractivity contribution in [3.8, 4) is 6.07 Å². The van der Waals surface area contributed by atoms with Gasteiger partial charge in [0.25, 0.3) is 0 Å². The molecule has 0 amide bonds. The van der Waals surface area contributed by atoms with Crippen molar-refractivity contribution < 1.29 is 4.74 Å². The molecule has 1 aliphatic rings. The van der Waals surface area contributed by atoms with E-state index >= 15 is 0 Å². The van der Waals surface area contributed by atoms with Crippen molar-refractivity contribution in [2.45, 2.75) is 12.6 Å². The summed E-state index contributed by atoms with van der Waals surface area (Å²) in [5.74, 6) is 0. The van der Waals surface area contributed by atoms with Crippen molar-refractivity contribution in [1.82, 2.24) is 9.80 Å². The summed E-state index contributed by atoms with van der Waals surface area (Å²) in [6, 6.07) is 9.98. The number of likely N-dealkylation sites (N-methyl/N-ethyl adjacent to an activating group) is 1. The Bertz CT molecular complexity index is 436. The van der Waals surface area contributed by atoms with Gasteiger partial charge in [-0.05, 0) is 31.8 Å². The van der Waals surface area contributed by atoms with Crippen molar-refractivity contribution in [3.63, 3.8) is 0 Å². The zero-order valence-electron chi connectivity index (χ0n) is 11.7. The van der Waals surface area contributed by atoms with Crippen LogP contribution < -0.4 is 0 Å². The molecule has 1 saturated heterocycles. The zero-order chi connectivity index (χ0) is 13.7. The molecule has 0 aromatic heterocycles. The number of hydrogen-bond donors (Lipinski definition) is 0. The predicted molar refractivity (Wildman–Crippen MR) is 74.7 cm³/mol. The summed E-state index contributed by atoms with van der Waals surface area (Å²) in [6.45, 7) is 4.64. The van der Waals surface area contributed by atoms with Gasteiger partial charge in [0.05, 0.1) is 24.3 Å². The third-order valence-electron chi connectivity index (χ3n) is 3.28. The van der Waals surface area contributed by atoms with Crippen LogP contribution >= 0.6 is 0 Å². The van der Waals surface area contributed by atoms with Gasteiger partial charge in [0, 0.05) is 26.2 Å². The molecule has 1 heterocycles. The SMILES string of the molecule is CN(C)CC1CN(Cc2ccc(C#N)cc2)CCO1. The van der Waals surface area contributed by atoms with Crippen LogP contribution in [0.5, 0.6) is 0 Å². The van der Waals surface area contributed by atoms with Crippen LogP contribution in [0.15, 0.2) is 24.3 Å². The molecule has 0 radical (unpaired) electrons. The van der Waals surface area contributed by atoms with E-state index in [0.717, 1.165) is 38.3 Å². The molecule has 4 heteroatoms. The van der Waals surface area contributed by atoms with Crippen molar-refractivity contribution in [3.05, 3.63) is 35.4 Å². The predicted octanol–water partition coefficient (Wildman–Crippen LogP) is 1.32. The normalized spacial score (nSPS) is 20.4. The first kappa shape index (κ1) is 14.0. The second-order valence-electron chi connectivity index (χ2n) is 5.30. The van der Waals surface area contributed by atoms with Gasteiger partial charge in [-0.15, -0.1) is 0 Å². The molecule has 1 aliphatic heterocycles. The standard InChI is InChI=1S/C15H21N3O/c1-17(2)11-15-12-18(7-8-19-15)10-14-5-3-13(9-16)4-6-14/h3-6,15H,7-8,10-12H2,1-2H3. The Labute approximate surface area is 115 Å². The molecule has 0 saturated carbocycles. The van der Waals surface area contributed by atoms with Gasteiger partial charge in [-0.2, -0.15) is 5.26 Å².